The lowest BCUT2D eigenvalue weighted by atomic mass is 10.1. The van der Waals surface area contributed by atoms with Crippen molar-refractivity contribution in [3.63, 3.8) is 0 Å². The van der Waals surface area contributed by atoms with Gasteiger partial charge < -0.3 is 16.2 Å². The summed E-state index contributed by atoms with van der Waals surface area (Å²) >= 11 is 5.90. The molecule has 0 aliphatic rings. The summed E-state index contributed by atoms with van der Waals surface area (Å²) in [4.78, 5) is 11.1. The Labute approximate surface area is 113 Å². The predicted molar refractivity (Wildman–Crippen MR) is 70.9 cm³/mol. The van der Waals surface area contributed by atoms with Gasteiger partial charge in [-0.3, -0.25) is 4.79 Å². The van der Waals surface area contributed by atoms with Crippen molar-refractivity contribution >= 4 is 23.2 Å². The van der Waals surface area contributed by atoms with Gasteiger partial charge in [0.05, 0.1) is 10.6 Å². The lowest BCUT2D eigenvalue weighted by molar-refractivity contribution is 0.100. The fraction of sp³-hybridized carbons (Fsp3) is 0. The largest absolute Gasteiger partial charge is 0.453 e. The summed E-state index contributed by atoms with van der Waals surface area (Å²) in [5, 5.41) is 0.319. The predicted octanol–water partition coefficient (Wildman–Crippen LogP) is 2.95. The Bertz CT molecular complexity index is 647. The lowest BCUT2D eigenvalue weighted by Crippen LogP contribution is -2.14. The fourth-order valence-electron chi connectivity index (χ4n) is 1.51. The molecule has 0 saturated heterocycles. The minimum absolute atomic E-state index is 0.0107. The van der Waals surface area contributed by atoms with Crippen LogP contribution in [0.4, 0.5) is 10.1 Å². The molecule has 2 aromatic rings. The minimum Gasteiger partial charge on any atom is -0.453 e. The van der Waals surface area contributed by atoms with E-state index in [1.807, 2.05) is 0 Å². The average Bonchev–Trinajstić information content (AvgIpc) is 2.34. The van der Waals surface area contributed by atoms with Gasteiger partial charge in [-0.15, -0.1) is 0 Å². The molecule has 0 bridgehead atoms. The maximum absolute atomic E-state index is 13.7. The molecular weight excluding hydrogens is 271 g/mol. The number of anilines is 1. The molecule has 1 amide bonds. The van der Waals surface area contributed by atoms with Crippen LogP contribution in [-0.2, 0) is 0 Å². The van der Waals surface area contributed by atoms with Gasteiger partial charge in [0.2, 0.25) is 0 Å². The van der Waals surface area contributed by atoms with Crippen molar-refractivity contribution in [2.24, 2.45) is 5.73 Å². The molecule has 0 heterocycles. The first-order valence-corrected chi connectivity index (χ1v) is 5.68. The molecular formula is C13H10ClFN2O2. The Morgan fingerprint density at radius 2 is 1.89 bits per heavy atom. The molecule has 0 aromatic heterocycles. The number of nitrogen functional groups attached to an aromatic ring is 1. The third-order valence-corrected chi connectivity index (χ3v) is 2.74. The van der Waals surface area contributed by atoms with Crippen LogP contribution in [0.2, 0.25) is 5.02 Å². The molecule has 0 aliphatic heterocycles. The molecule has 2 rings (SSSR count). The van der Waals surface area contributed by atoms with Crippen molar-refractivity contribution in [2.75, 3.05) is 5.73 Å². The zero-order valence-electron chi connectivity index (χ0n) is 9.69. The van der Waals surface area contributed by atoms with Crippen LogP contribution in [0.25, 0.3) is 0 Å². The van der Waals surface area contributed by atoms with Crippen LogP contribution in [0.3, 0.4) is 0 Å². The van der Waals surface area contributed by atoms with Crippen molar-refractivity contribution < 1.29 is 13.9 Å². The first-order valence-electron chi connectivity index (χ1n) is 5.30. The van der Waals surface area contributed by atoms with Crippen LogP contribution < -0.4 is 16.2 Å². The average molecular weight is 281 g/mol. The first kappa shape index (κ1) is 13.2. The number of nitrogens with two attached hydrogens (primary N) is 2. The normalized spacial score (nSPS) is 10.2. The van der Waals surface area contributed by atoms with Crippen molar-refractivity contribution in [2.45, 2.75) is 0 Å². The van der Waals surface area contributed by atoms with Crippen LogP contribution in [0, 0.1) is 5.82 Å². The zero-order valence-corrected chi connectivity index (χ0v) is 10.4. The van der Waals surface area contributed by atoms with Gasteiger partial charge in [0.1, 0.15) is 5.75 Å². The summed E-state index contributed by atoms with van der Waals surface area (Å²) in [7, 11) is 0. The van der Waals surface area contributed by atoms with Gasteiger partial charge in [0.15, 0.2) is 11.6 Å². The Morgan fingerprint density at radius 3 is 2.53 bits per heavy atom. The number of hydrogen-bond acceptors (Lipinski definition) is 3. The van der Waals surface area contributed by atoms with Gasteiger partial charge in [0, 0.05) is 11.8 Å². The molecule has 19 heavy (non-hydrogen) atoms. The van der Waals surface area contributed by atoms with E-state index >= 15 is 0 Å². The molecule has 2 aromatic carbocycles. The van der Waals surface area contributed by atoms with Crippen molar-refractivity contribution in [3.8, 4) is 11.5 Å². The summed E-state index contributed by atoms with van der Waals surface area (Å²) in [6, 6.07) is 8.69. The van der Waals surface area contributed by atoms with E-state index in [9.17, 15) is 9.18 Å². The second-order valence-electron chi connectivity index (χ2n) is 3.77. The van der Waals surface area contributed by atoms with Gasteiger partial charge in [0.25, 0.3) is 5.91 Å². The van der Waals surface area contributed by atoms with Crippen molar-refractivity contribution in [1.82, 2.24) is 0 Å². The number of benzene rings is 2. The molecule has 0 spiro atoms. The third kappa shape index (κ3) is 2.77. The van der Waals surface area contributed by atoms with Crippen LogP contribution in [0.1, 0.15) is 10.4 Å². The van der Waals surface area contributed by atoms with Crippen molar-refractivity contribution in [1.29, 1.82) is 0 Å². The quantitative estimate of drug-likeness (QED) is 0.849. The molecule has 0 saturated carbocycles. The number of hydrogen-bond donors (Lipinski definition) is 2. The van der Waals surface area contributed by atoms with Crippen LogP contribution in [-0.4, -0.2) is 5.91 Å². The Hall–Kier alpha value is -2.27. The van der Waals surface area contributed by atoms with E-state index in [1.165, 1.54) is 0 Å². The Kier molecular flexibility index (Phi) is 3.57. The van der Waals surface area contributed by atoms with E-state index in [0.717, 1.165) is 12.1 Å². The molecule has 0 fully saturated rings. The highest BCUT2D eigenvalue weighted by Gasteiger charge is 2.14. The Balaban J connectivity index is 2.43. The smallest absolute Gasteiger partial charge is 0.250 e. The number of carbonyl (C=O) groups is 1. The molecule has 0 unspecified atom stereocenters. The highest BCUT2D eigenvalue weighted by atomic mass is 35.5. The zero-order chi connectivity index (χ0) is 14.0. The van der Waals surface area contributed by atoms with E-state index in [-0.39, 0.29) is 22.7 Å². The van der Waals surface area contributed by atoms with Crippen LogP contribution >= 0.6 is 11.6 Å². The van der Waals surface area contributed by atoms with Gasteiger partial charge in [-0.1, -0.05) is 23.7 Å². The van der Waals surface area contributed by atoms with Crippen LogP contribution in [0.5, 0.6) is 11.5 Å². The maximum Gasteiger partial charge on any atom is 0.250 e. The standard InChI is InChI=1S/C13H10ClFN2O2/c14-8-3-1-2-4-11(8)19-12-5-7(13(17)18)10(16)6-9(12)15/h1-6H,16H2,(H2,17,18). The summed E-state index contributed by atoms with van der Waals surface area (Å²) in [5.74, 6) is -1.37. The topological polar surface area (TPSA) is 78.3 Å². The third-order valence-electron chi connectivity index (χ3n) is 2.43. The molecule has 0 radical (unpaired) electrons. The van der Waals surface area contributed by atoms with E-state index in [2.05, 4.69) is 0 Å². The SMILES string of the molecule is NC(=O)c1cc(Oc2ccccc2Cl)c(F)cc1N. The molecule has 6 heteroatoms. The number of rotatable bonds is 3. The van der Waals surface area contributed by atoms with Gasteiger partial charge >= 0.3 is 0 Å². The number of ether oxygens (including phenoxy) is 1. The lowest BCUT2D eigenvalue weighted by Gasteiger charge is -2.10. The molecule has 0 atom stereocenters. The second kappa shape index (κ2) is 5.16. The number of carbonyl (C=O) groups excluding carboxylic acids is 1. The molecule has 4 N–H and O–H groups in total. The van der Waals surface area contributed by atoms with E-state index < -0.39 is 11.7 Å². The van der Waals surface area contributed by atoms with Crippen molar-refractivity contribution in [3.05, 3.63) is 52.8 Å². The summed E-state index contributed by atoms with van der Waals surface area (Å²) in [6.45, 7) is 0. The molecule has 0 aliphatic carbocycles. The van der Waals surface area contributed by atoms with Gasteiger partial charge in [-0.2, -0.15) is 0 Å². The number of para-hydroxylation sites is 1. The summed E-state index contributed by atoms with van der Waals surface area (Å²) < 4.78 is 19.0. The summed E-state index contributed by atoms with van der Waals surface area (Å²) in [6.07, 6.45) is 0. The minimum atomic E-state index is -0.762. The number of halogens is 2. The number of primary amides is 1. The van der Waals surface area contributed by atoms with E-state index in [0.29, 0.717) is 5.02 Å². The monoisotopic (exact) mass is 280 g/mol. The fourth-order valence-corrected chi connectivity index (χ4v) is 1.68. The molecule has 4 nitrogen and oxygen atoms in total. The van der Waals surface area contributed by atoms with Crippen LogP contribution in [0.15, 0.2) is 36.4 Å². The van der Waals surface area contributed by atoms with Gasteiger partial charge in [-0.25, -0.2) is 4.39 Å². The van der Waals surface area contributed by atoms with Gasteiger partial charge in [-0.05, 0) is 18.2 Å². The number of amides is 1. The van der Waals surface area contributed by atoms with E-state index in [4.69, 9.17) is 27.8 Å². The molecule has 98 valence electrons. The second-order valence-corrected chi connectivity index (χ2v) is 4.17. The highest BCUT2D eigenvalue weighted by Crippen LogP contribution is 2.32. The Morgan fingerprint density at radius 1 is 1.21 bits per heavy atom. The maximum atomic E-state index is 13.7. The van der Waals surface area contributed by atoms with E-state index in [1.54, 1.807) is 24.3 Å². The first-order chi connectivity index (χ1) is 8.99. The highest BCUT2D eigenvalue weighted by molar-refractivity contribution is 6.32. The summed E-state index contributed by atoms with van der Waals surface area (Å²) in [5.41, 5.74) is 10.6.